The molecule has 0 spiro atoms. The van der Waals surface area contributed by atoms with Gasteiger partial charge in [0.05, 0.1) is 17.4 Å². The number of nitrogens with zero attached hydrogens (tertiary/aromatic N) is 2. The molecule has 0 unspecified atom stereocenters. The Labute approximate surface area is 159 Å². The van der Waals surface area contributed by atoms with E-state index < -0.39 is 6.04 Å². The van der Waals surface area contributed by atoms with E-state index in [0.717, 1.165) is 29.8 Å². The van der Waals surface area contributed by atoms with Crippen molar-refractivity contribution < 1.29 is 4.79 Å². The Morgan fingerprint density at radius 3 is 2.63 bits per heavy atom. The Morgan fingerprint density at radius 2 is 1.93 bits per heavy atom. The van der Waals surface area contributed by atoms with Gasteiger partial charge >= 0.3 is 0 Å². The van der Waals surface area contributed by atoms with Crippen LogP contribution in [0.5, 0.6) is 0 Å². The first kappa shape index (κ1) is 18.8. The van der Waals surface area contributed by atoms with Gasteiger partial charge in [0.1, 0.15) is 0 Å². The standard InChI is InChI=1S/C21H25N5O/c1-2-7-15-8-6-9-16(12-15)19-13-20(24-21(27)18(23)14-22)25-26(19)17-10-4-3-5-11-17/h3-6,8-13,18H,2,7,14,22-23H2,1H3,(H,24,25,27)/t18-/m1/s1. The number of benzene rings is 2. The third kappa shape index (κ3) is 4.42. The molecule has 1 aromatic heterocycles. The fraction of sp³-hybridized carbons (Fsp3) is 0.238. The van der Waals surface area contributed by atoms with Crippen LogP contribution in [0, 0.1) is 0 Å². The summed E-state index contributed by atoms with van der Waals surface area (Å²) >= 11 is 0. The van der Waals surface area contributed by atoms with Crippen molar-refractivity contribution in [1.29, 1.82) is 0 Å². The van der Waals surface area contributed by atoms with Gasteiger partial charge in [-0.1, -0.05) is 49.7 Å². The highest BCUT2D eigenvalue weighted by atomic mass is 16.2. The smallest absolute Gasteiger partial charge is 0.243 e. The predicted octanol–water partition coefficient (Wildman–Crippen LogP) is 2.72. The molecule has 0 saturated carbocycles. The van der Waals surface area contributed by atoms with Crippen LogP contribution in [-0.4, -0.2) is 28.3 Å². The van der Waals surface area contributed by atoms with Gasteiger partial charge in [0.25, 0.3) is 0 Å². The maximum atomic E-state index is 12.1. The molecular formula is C21H25N5O. The summed E-state index contributed by atoms with van der Waals surface area (Å²) in [6.45, 7) is 2.24. The number of hydrogen-bond donors (Lipinski definition) is 3. The van der Waals surface area contributed by atoms with Gasteiger partial charge < -0.3 is 16.8 Å². The fourth-order valence-electron chi connectivity index (χ4n) is 2.91. The van der Waals surface area contributed by atoms with E-state index in [9.17, 15) is 4.79 Å². The van der Waals surface area contributed by atoms with Crippen LogP contribution in [0.25, 0.3) is 16.9 Å². The van der Waals surface area contributed by atoms with Gasteiger partial charge in [-0.25, -0.2) is 4.68 Å². The topological polar surface area (TPSA) is 99.0 Å². The molecule has 5 N–H and O–H groups in total. The minimum Gasteiger partial charge on any atom is -0.328 e. The number of aromatic nitrogens is 2. The summed E-state index contributed by atoms with van der Waals surface area (Å²) in [6, 6.07) is 19.3. The van der Waals surface area contributed by atoms with E-state index in [2.05, 4.69) is 29.5 Å². The largest absolute Gasteiger partial charge is 0.328 e. The van der Waals surface area contributed by atoms with E-state index in [0.29, 0.717) is 5.82 Å². The minimum atomic E-state index is -0.761. The lowest BCUT2D eigenvalue weighted by atomic mass is 10.0. The van der Waals surface area contributed by atoms with E-state index in [4.69, 9.17) is 11.5 Å². The molecule has 1 heterocycles. The molecule has 0 bridgehead atoms. The molecule has 27 heavy (non-hydrogen) atoms. The number of carbonyl (C=O) groups is 1. The number of carbonyl (C=O) groups excluding carboxylic acids is 1. The van der Waals surface area contributed by atoms with Crippen molar-refractivity contribution in [1.82, 2.24) is 9.78 Å². The number of hydrogen-bond acceptors (Lipinski definition) is 4. The number of rotatable bonds is 7. The lowest BCUT2D eigenvalue weighted by Gasteiger charge is -2.09. The summed E-state index contributed by atoms with van der Waals surface area (Å²) in [5, 5.41) is 7.33. The number of para-hydroxylation sites is 1. The Balaban J connectivity index is 2.03. The molecule has 0 aliphatic rings. The second-order valence-corrected chi connectivity index (χ2v) is 6.44. The quantitative estimate of drug-likeness (QED) is 0.601. The first-order valence-corrected chi connectivity index (χ1v) is 9.13. The number of nitrogens with one attached hydrogen (secondary N) is 1. The van der Waals surface area contributed by atoms with Crippen molar-refractivity contribution in [3.63, 3.8) is 0 Å². The summed E-state index contributed by atoms with van der Waals surface area (Å²) in [7, 11) is 0. The molecule has 140 valence electrons. The Morgan fingerprint density at radius 1 is 1.15 bits per heavy atom. The van der Waals surface area contributed by atoms with Gasteiger partial charge in [0.15, 0.2) is 5.82 Å². The van der Waals surface area contributed by atoms with Crippen LogP contribution >= 0.6 is 0 Å². The normalized spacial score (nSPS) is 12.0. The van der Waals surface area contributed by atoms with Gasteiger partial charge in [0.2, 0.25) is 5.91 Å². The number of aryl methyl sites for hydroxylation is 1. The molecule has 0 aliphatic carbocycles. The highest BCUT2D eigenvalue weighted by Crippen LogP contribution is 2.27. The predicted molar refractivity (Wildman–Crippen MR) is 109 cm³/mol. The molecule has 6 nitrogen and oxygen atoms in total. The summed E-state index contributed by atoms with van der Waals surface area (Å²) in [6.07, 6.45) is 2.10. The fourth-order valence-corrected chi connectivity index (χ4v) is 2.91. The van der Waals surface area contributed by atoms with Crippen LogP contribution in [0.4, 0.5) is 5.82 Å². The minimum absolute atomic E-state index is 0.0805. The molecule has 0 fully saturated rings. The molecule has 1 amide bonds. The van der Waals surface area contributed by atoms with Crippen LogP contribution in [0.3, 0.4) is 0 Å². The monoisotopic (exact) mass is 363 g/mol. The number of nitrogens with two attached hydrogens (primary N) is 2. The van der Waals surface area contributed by atoms with Crippen LogP contribution in [0.15, 0.2) is 60.7 Å². The third-order valence-electron chi connectivity index (χ3n) is 4.31. The van der Waals surface area contributed by atoms with Crippen molar-refractivity contribution in [2.45, 2.75) is 25.8 Å². The van der Waals surface area contributed by atoms with Crippen LogP contribution in [0.1, 0.15) is 18.9 Å². The van der Waals surface area contributed by atoms with Gasteiger partial charge in [-0.15, -0.1) is 5.10 Å². The summed E-state index contributed by atoms with van der Waals surface area (Å²) < 4.78 is 1.83. The van der Waals surface area contributed by atoms with E-state index in [-0.39, 0.29) is 12.5 Å². The van der Waals surface area contributed by atoms with Gasteiger partial charge in [-0.05, 0) is 30.2 Å². The molecule has 1 atom stereocenters. The maximum Gasteiger partial charge on any atom is 0.243 e. The van der Waals surface area contributed by atoms with Crippen LogP contribution in [-0.2, 0) is 11.2 Å². The second kappa shape index (κ2) is 8.62. The molecule has 3 aromatic rings. The lowest BCUT2D eigenvalue weighted by molar-refractivity contribution is -0.117. The first-order valence-electron chi connectivity index (χ1n) is 9.13. The molecule has 6 heteroatoms. The lowest BCUT2D eigenvalue weighted by Crippen LogP contribution is -2.41. The highest BCUT2D eigenvalue weighted by molar-refractivity contribution is 5.94. The van der Waals surface area contributed by atoms with Crippen molar-refractivity contribution in [2.75, 3.05) is 11.9 Å². The average molecular weight is 363 g/mol. The highest BCUT2D eigenvalue weighted by Gasteiger charge is 2.16. The van der Waals surface area contributed by atoms with Crippen molar-refractivity contribution >= 4 is 11.7 Å². The number of anilines is 1. The average Bonchev–Trinajstić information content (AvgIpc) is 3.12. The van der Waals surface area contributed by atoms with Gasteiger partial charge in [-0.3, -0.25) is 4.79 Å². The Kier molecular flexibility index (Phi) is 6.01. The van der Waals surface area contributed by atoms with Gasteiger partial charge in [0, 0.05) is 18.2 Å². The molecule has 2 aromatic carbocycles. The van der Waals surface area contributed by atoms with E-state index in [1.807, 2.05) is 53.2 Å². The first-order chi connectivity index (χ1) is 13.1. The van der Waals surface area contributed by atoms with Crippen LogP contribution in [0.2, 0.25) is 0 Å². The van der Waals surface area contributed by atoms with E-state index >= 15 is 0 Å². The van der Waals surface area contributed by atoms with Crippen LogP contribution < -0.4 is 16.8 Å². The van der Waals surface area contributed by atoms with E-state index in [1.165, 1.54) is 5.56 Å². The molecule has 3 rings (SSSR count). The van der Waals surface area contributed by atoms with Crippen molar-refractivity contribution in [3.8, 4) is 16.9 Å². The van der Waals surface area contributed by atoms with E-state index in [1.54, 1.807) is 0 Å². The SMILES string of the molecule is CCCc1cccc(-c2cc(NC(=O)[C@H](N)CN)nn2-c2ccccc2)c1. The summed E-state index contributed by atoms with van der Waals surface area (Å²) in [5.74, 6) is 0.102. The Hall–Kier alpha value is -2.96. The zero-order valence-corrected chi connectivity index (χ0v) is 15.4. The zero-order chi connectivity index (χ0) is 19.2. The van der Waals surface area contributed by atoms with Crippen molar-refractivity contribution in [3.05, 3.63) is 66.2 Å². The third-order valence-corrected chi connectivity index (χ3v) is 4.31. The zero-order valence-electron chi connectivity index (χ0n) is 15.4. The molecular weight excluding hydrogens is 338 g/mol. The molecule has 0 radical (unpaired) electrons. The Bertz CT molecular complexity index is 904. The summed E-state index contributed by atoms with van der Waals surface area (Å²) in [5.41, 5.74) is 15.3. The number of amides is 1. The molecule has 0 aliphatic heterocycles. The second-order valence-electron chi connectivity index (χ2n) is 6.44. The maximum absolute atomic E-state index is 12.1. The van der Waals surface area contributed by atoms with Crippen molar-refractivity contribution in [2.24, 2.45) is 11.5 Å². The van der Waals surface area contributed by atoms with Gasteiger partial charge in [-0.2, -0.15) is 0 Å². The summed E-state index contributed by atoms with van der Waals surface area (Å²) in [4.78, 5) is 12.1. The molecule has 0 saturated heterocycles.